The molecule has 0 unspecified atom stereocenters. The molecule has 0 saturated carbocycles. The van der Waals surface area contributed by atoms with Gasteiger partial charge < -0.3 is 19.7 Å². The Labute approximate surface area is 160 Å². The van der Waals surface area contributed by atoms with Crippen LogP contribution >= 0.6 is 0 Å². The number of methoxy groups -OCH3 is 1. The fraction of sp³-hybridized carbons (Fsp3) is 0.333. The van der Waals surface area contributed by atoms with Crippen LogP contribution in [-0.2, 0) is 9.59 Å². The number of ether oxygens (including phenoxy) is 2. The predicted octanol–water partition coefficient (Wildman–Crippen LogP) is 3.26. The van der Waals surface area contributed by atoms with E-state index in [4.69, 9.17) is 9.47 Å². The van der Waals surface area contributed by atoms with Crippen molar-refractivity contribution >= 4 is 17.5 Å². The summed E-state index contributed by atoms with van der Waals surface area (Å²) in [6.45, 7) is 2.48. The van der Waals surface area contributed by atoms with Crippen molar-refractivity contribution in [2.24, 2.45) is 0 Å². The standard InChI is InChI=1S/C21H26N2O4/c1-16-6-10-19(11-7-16)27-14-4-5-21(25)23(2)15-20(24)22-17-8-12-18(26-3)13-9-17/h6-13H,4-5,14-15H2,1-3H3,(H,22,24). The highest BCUT2D eigenvalue weighted by atomic mass is 16.5. The van der Waals surface area contributed by atoms with Gasteiger partial charge in [-0.2, -0.15) is 0 Å². The summed E-state index contributed by atoms with van der Waals surface area (Å²) in [6.07, 6.45) is 0.926. The summed E-state index contributed by atoms with van der Waals surface area (Å²) in [4.78, 5) is 25.6. The van der Waals surface area contributed by atoms with E-state index in [9.17, 15) is 9.59 Å². The van der Waals surface area contributed by atoms with Gasteiger partial charge >= 0.3 is 0 Å². The van der Waals surface area contributed by atoms with Gasteiger partial charge in [-0.1, -0.05) is 17.7 Å². The molecule has 0 spiro atoms. The van der Waals surface area contributed by atoms with Gasteiger partial charge in [0.1, 0.15) is 11.5 Å². The Bertz CT molecular complexity index is 742. The van der Waals surface area contributed by atoms with E-state index in [0.717, 1.165) is 5.75 Å². The van der Waals surface area contributed by atoms with Crippen molar-refractivity contribution in [3.05, 3.63) is 54.1 Å². The van der Waals surface area contributed by atoms with Gasteiger partial charge in [0.05, 0.1) is 20.3 Å². The molecule has 2 amide bonds. The fourth-order valence-electron chi connectivity index (χ4n) is 2.42. The molecule has 2 rings (SSSR count). The van der Waals surface area contributed by atoms with Crippen molar-refractivity contribution in [3.8, 4) is 11.5 Å². The molecule has 2 aromatic carbocycles. The molecule has 2 aromatic rings. The van der Waals surface area contributed by atoms with Gasteiger partial charge in [-0.05, 0) is 49.7 Å². The van der Waals surface area contributed by atoms with Crippen molar-refractivity contribution in [3.63, 3.8) is 0 Å². The highest BCUT2D eigenvalue weighted by Gasteiger charge is 2.13. The number of hydrogen-bond acceptors (Lipinski definition) is 4. The smallest absolute Gasteiger partial charge is 0.243 e. The zero-order chi connectivity index (χ0) is 19.6. The third-order valence-electron chi connectivity index (χ3n) is 4.00. The zero-order valence-electron chi connectivity index (χ0n) is 16.0. The van der Waals surface area contributed by atoms with Crippen molar-refractivity contribution < 1.29 is 19.1 Å². The van der Waals surface area contributed by atoms with Crippen molar-refractivity contribution in [2.75, 3.05) is 32.6 Å². The van der Waals surface area contributed by atoms with Gasteiger partial charge in [0.25, 0.3) is 0 Å². The monoisotopic (exact) mass is 370 g/mol. The lowest BCUT2D eigenvalue weighted by Gasteiger charge is -2.17. The van der Waals surface area contributed by atoms with E-state index in [1.165, 1.54) is 10.5 Å². The minimum Gasteiger partial charge on any atom is -0.497 e. The first-order valence-corrected chi connectivity index (χ1v) is 8.85. The Morgan fingerprint density at radius 2 is 1.63 bits per heavy atom. The maximum atomic E-state index is 12.1. The molecule has 0 radical (unpaired) electrons. The number of carbonyl (C=O) groups excluding carboxylic acids is 2. The van der Waals surface area contributed by atoms with Gasteiger partial charge in [0.15, 0.2) is 0 Å². The molecule has 0 aliphatic rings. The van der Waals surface area contributed by atoms with Crippen molar-refractivity contribution in [1.29, 1.82) is 0 Å². The van der Waals surface area contributed by atoms with Crippen LogP contribution in [0.5, 0.6) is 11.5 Å². The quantitative estimate of drug-likeness (QED) is 0.688. The number of nitrogens with one attached hydrogen (secondary N) is 1. The average Bonchev–Trinajstić information content (AvgIpc) is 2.67. The van der Waals surface area contributed by atoms with Crippen LogP contribution in [0, 0.1) is 6.92 Å². The van der Waals surface area contributed by atoms with E-state index in [1.807, 2.05) is 31.2 Å². The zero-order valence-corrected chi connectivity index (χ0v) is 16.0. The number of benzene rings is 2. The van der Waals surface area contributed by atoms with E-state index in [1.54, 1.807) is 38.4 Å². The summed E-state index contributed by atoms with van der Waals surface area (Å²) < 4.78 is 10.7. The number of nitrogens with zero attached hydrogens (tertiary/aromatic N) is 1. The van der Waals surface area contributed by atoms with Crippen LogP contribution in [0.1, 0.15) is 18.4 Å². The van der Waals surface area contributed by atoms with Crippen LogP contribution in [0.25, 0.3) is 0 Å². The molecule has 0 aliphatic carbocycles. The molecular weight excluding hydrogens is 344 g/mol. The second-order valence-electron chi connectivity index (χ2n) is 6.29. The second-order valence-corrected chi connectivity index (χ2v) is 6.29. The molecule has 1 N–H and O–H groups in total. The Balaban J connectivity index is 1.67. The third-order valence-corrected chi connectivity index (χ3v) is 4.00. The molecule has 0 aromatic heterocycles. The van der Waals surface area contributed by atoms with Gasteiger partial charge in [-0.15, -0.1) is 0 Å². The molecule has 0 bridgehead atoms. The Hall–Kier alpha value is -3.02. The van der Waals surface area contributed by atoms with Crippen LogP contribution in [-0.4, -0.2) is 44.0 Å². The molecule has 6 nitrogen and oxygen atoms in total. The van der Waals surface area contributed by atoms with E-state index < -0.39 is 0 Å². The number of likely N-dealkylation sites (N-methyl/N-ethyl adjacent to an activating group) is 1. The normalized spacial score (nSPS) is 10.2. The van der Waals surface area contributed by atoms with E-state index in [-0.39, 0.29) is 18.4 Å². The number of amides is 2. The van der Waals surface area contributed by atoms with Crippen LogP contribution < -0.4 is 14.8 Å². The number of carbonyl (C=O) groups is 2. The maximum Gasteiger partial charge on any atom is 0.243 e. The van der Waals surface area contributed by atoms with E-state index in [2.05, 4.69) is 5.32 Å². The predicted molar refractivity (Wildman–Crippen MR) is 105 cm³/mol. The molecule has 6 heteroatoms. The lowest BCUT2D eigenvalue weighted by Crippen LogP contribution is -2.34. The molecule has 0 heterocycles. The van der Waals surface area contributed by atoms with Crippen molar-refractivity contribution in [1.82, 2.24) is 4.90 Å². The SMILES string of the molecule is COc1ccc(NC(=O)CN(C)C(=O)CCCOc2ccc(C)cc2)cc1. The first-order valence-electron chi connectivity index (χ1n) is 8.85. The molecule has 144 valence electrons. The molecule has 0 aliphatic heterocycles. The lowest BCUT2D eigenvalue weighted by molar-refractivity contribution is -0.133. The summed E-state index contributed by atoms with van der Waals surface area (Å²) in [5.41, 5.74) is 1.83. The Morgan fingerprint density at radius 1 is 1.00 bits per heavy atom. The molecule has 0 fully saturated rings. The van der Waals surface area contributed by atoms with Crippen LogP contribution in [0.4, 0.5) is 5.69 Å². The van der Waals surface area contributed by atoms with Crippen molar-refractivity contribution in [2.45, 2.75) is 19.8 Å². The van der Waals surface area contributed by atoms with Gasteiger partial charge in [-0.3, -0.25) is 9.59 Å². The molecule has 27 heavy (non-hydrogen) atoms. The Morgan fingerprint density at radius 3 is 2.26 bits per heavy atom. The number of hydrogen-bond donors (Lipinski definition) is 1. The molecule has 0 saturated heterocycles. The fourth-order valence-corrected chi connectivity index (χ4v) is 2.42. The number of anilines is 1. The van der Waals surface area contributed by atoms with Gasteiger partial charge in [0.2, 0.25) is 11.8 Å². The topological polar surface area (TPSA) is 67.9 Å². The van der Waals surface area contributed by atoms with Gasteiger partial charge in [0, 0.05) is 19.2 Å². The average molecular weight is 370 g/mol. The van der Waals surface area contributed by atoms with E-state index >= 15 is 0 Å². The number of rotatable bonds is 9. The summed E-state index contributed by atoms with van der Waals surface area (Å²) in [6, 6.07) is 14.8. The summed E-state index contributed by atoms with van der Waals surface area (Å²) in [5, 5.41) is 2.76. The highest BCUT2D eigenvalue weighted by Crippen LogP contribution is 2.15. The maximum absolute atomic E-state index is 12.1. The first kappa shape index (κ1) is 20.3. The Kier molecular flexibility index (Phi) is 7.67. The van der Waals surface area contributed by atoms with Gasteiger partial charge in [-0.25, -0.2) is 0 Å². The highest BCUT2D eigenvalue weighted by molar-refractivity contribution is 5.94. The van der Waals surface area contributed by atoms with Crippen LogP contribution in [0.15, 0.2) is 48.5 Å². The van der Waals surface area contributed by atoms with E-state index in [0.29, 0.717) is 30.9 Å². The second kappa shape index (κ2) is 10.2. The minimum absolute atomic E-state index is 0.00365. The molecular formula is C21H26N2O4. The summed E-state index contributed by atoms with van der Waals surface area (Å²) in [5.74, 6) is 1.17. The minimum atomic E-state index is -0.244. The molecule has 0 atom stereocenters. The van der Waals surface area contributed by atoms with Crippen LogP contribution in [0.2, 0.25) is 0 Å². The third kappa shape index (κ3) is 7.01. The summed E-state index contributed by atoms with van der Waals surface area (Å²) in [7, 11) is 3.21. The largest absolute Gasteiger partial charge is 0.497 e. The van der Waals surface area contributed by atoms with Crippen LogP contribution in [0.3, 0.4) is 0 Å². The number of aryl methyl sites for hydroxylation is 1. The lowest BCUT2D eigenvalue weighted by atomic mass is 10.2. The first-order chi connectivity index (χ1) is 13.0. The summed E-state index contributed by atoms with van der Waals surface area (Å²) >= 11 is 0.